The molecule has 118 valence electrons. The van der Waals surface area contributed by atoms with Crippen LogP contribution in [0.4, 0.5) is 0 Å². The Bertz CT molecular complexity index is 721. The van der Waals surface area contributed by atoms with Crippen LogP contribution in [0, 0.1) is 0 Å². The van der Waals surface area contributed by atoms with Crippen LogP contribution in [-0.4, -0.2) is 28.8 Å². The Balaban J connectivity index is 1.71. The van der Waals surface area contributed by atoms with E-state index in [1.807, 2.05) is 68.4 Å². The topological polar surface area (TPSA) is 49.4 Å². The monoisotopic (exact) mass is 308 g/mol. The Morgan fingerprint density at radius 3 is 2.22 bits per heavy atom. The highest BCUT2D eigenvalue weighted by Crippen LogP contribution is 2.18. The molecule has 2 aromatic rings. The van der Waals surface area contributed by atoms with Gasteiger partial charge in [-0.15, -0.1) is 0 Å². The quantitative estimate of drug-likeness (QED) is 0.883. The van der Waals surface area contributed by atoms with E-state index < -0.39 is 5.54 Å². The first-order valence-corrected chi connectivity index (χ1v) is 7.70. The van der Waals surface area contributed by atoms with E-state index in [9.17, 15) is 9.59 Å². The van der Waals surface area contributed by atoms with Gasteiger partial charge in [0.2, 0.25) is 5.91 Å². The molecule has 0 spiro atoms. The Morgan fingerprint density at radius 1 is 1.04 bits per heavy atom. The number of nitrogens with one attached hydrogen (secondary N) is 1. The van der Waals surface area contributed by atoms with E-state index in [0.717, 1.165) is 5.56 Å². The molecule has 1 amide bonds. The minimum atomic E-state index is -0.497. The zero-order chi connectivity index (χ0) is 16.4. The van der Waals surface area contributed by atoms with Crippen molar-refractivity contribution in [3.8, 4) is 0 Å². The number of hydrogen-bond donors (Lipinski definition) is 1. The van der Waals surface area contributed by atoms with E-state index >= 15 is 0 Å². The highest BCUT2D eigenvalue weighted by Gasteiger charge is 2.37. The molecule has 1 aliphatic rings. The third kappa shape index (κ3) is 3.17. The molecule has 0 saturated carbocycles. The average Bonchev–Trinajstić information content (AvgIpc) is 2.83. The standard InChI is InChI=1S/C19H20N2O2/c1-19(2)18(23)21(13-20-19)12-14-8-10-16(11-9-14)17(22)15-6-4-3-5-7-15/h3-11,20H,12-13H2,1-2H3. The molecule has 4 heteroatoms. The number of rotatable bonds is 4. The van der Waals surface area contributed by atoms with E-state index in [-0.39, 0.29) is 11.7 Å². The van der Waals surface area contributed by atoms with Gasteiger partial charge in [0.25, 0.3) is 0 Å². The van der Waals surface area contributed by atoms with Gasteiger partial charge in [-0.3, -0.25) is 14.9 Å². The predicted octanol–water partition coefficient (Wildman–Crippen LogP) is 2.59. The molecule has 0 radical (unpaired) electrons. The number of hydrogen-bond acceptors (Lipinski definition) is 3. The maximum atomic E-state index is 12.4. The fraction of sp³-hybridized carbons (Fsp3) is 0.263. The van der Waals surface area contributed by atoms with Crippen molar-refractivity contribution in [1.29, 1.82) is 0 Å². The van der Waals surface area contributed by atoms with E-state index in [1.165, 1.54) is 0 Å². The molecule has 1 fully saturated rings. The molecule has 1 aliphatic heterocycles. The van der Waals surface area contributed by atoms with Crippen LogP contribution in [0.2, 0.25) is 0 Å². The second-order valence-corrected chi connectivity index (χ2v) is 6.36. The highest BCUT2D eigenvalue weighted by atomic mass is 16.2. The maximum absolute atomic E-state index is 12.4. The number of amides is 1. The molecule has 4 nitrogen and oxygen atoms in total. The summed E-state index contributed by atoms with van der Waals surface area (Å²) in [6.45, 7) is 4.87. The molecule has 1 N–H and O–H groups in total. The van der Waals surface area contributed by atoms with Crippen molar-refractivity contribution in [2.24, 2.45) is 0 Å². The molecule has 1 saturated heterocycles. The lowest BCUT2D eigenvalue weighted by atomic mass is 10.0. The summed E-state index contributed by atoms with van der Waals surface area (Å²) in [6, 6.07) is 16.7. The molecule has 0 aromatic heterocycles. The summed E-state index contributed by atoms with van der Waals surface area (Å²) in [5, 5.41) is 3.19. The zero-order valence-corrected chi connectivity index (χ0v) is 13.4. The summed E-state index contributed by atoms with van der Waals surface area (Å²) in [6.07, 6.45) is 0. The number of carbonyl (C=O) groups is 2. The smallest absolute Gasteiger partial charge is 0.243 e. The van der Waals surface area contributed by atoms with Crippen LogP contribution in [0.5, 0.6) is 0 Å². The third-order valence-electron chi connectivity index (χ3n) is 4.16. The lowest BCUT2D eigenvalue weighted by molar-refractivity contribution is -0.131. The Labute approximate surface area is 136 Å². The molecular formula is C19H20N2O2. The summed E-state index contributed by atoms with van der Waals surface area (Å²) in [5.74, 6) is 0.110. The van der Waals surface area contributed by atoms with Crippen molar-refractivity contribution in [3.63, 3.8) is 0 Å². The lowest BCUT2D eigenvalue weighted by Gasteiger charge is -2.18. The SMILES string of the molecule is CC1(C)NCN(Cc2ccc(C(=O)c3ccccc3)cc2)C1=O. The molecule has 0 atom stereocenters. The van der Waals surface area contributed by atoms with Crippen molar-refractivity contribution in [2.45, 2.75) is 25.9 Å². The first kappa shape index (κ1) is 15.4. The van der Waals surface area contributed by atoms with Crippen LogP contribution < -0.4 is 5.32 Å². The Kier molecular flexibility index (Phi) is 4.01. The molecule has 23 heavy (non-hydrogen) atoms. The number of carbonyl (C=O) groups excluding carboxylic acids is 2. The number of ketones is 1. The van der Waals surface area contributed by atoms with Crippen LogP contribution >= 0.6 is 0 Å². The van der Waals surface area contributed by atoms with Gasteiger partial charge in [0.1, 0.15) is 0 Å². The van der Waals surface area contributed by atoms with Gasteiger partial charge < -0.3 is 4.90 Å². The minimum Gasteiger partial charge on any atom is -0.324 e. The van der Waals surface area contributed by atoms with Crippen LogP contribution in [0.3, 0.4) is 0 Å². The summed E-state index contributed by atoms with van der Waals surface area (Å²) < 4.78 is 0. The normalized spacial score (nSPS) is 16.6. The van der Waals surface area contributed by atoms with Gasteiger partial charge in [-0.2, -0.15) is 0 Å². The molecule has 2 aromatic carbocycles. The van der Waals surface area contributed by atoms with Crippen molar-refractivity contribution < 1.29 is 9.59 Å². The summed E-state index contributed by atoms with van der Waals surface area (Å²) in [7, 11) is 0. The molecule has 0 unspecified atom stereocenters. The van der Waals surface area contributed by atoms with Gasteiger partial charge in [-0.25, -0.2) is 0 Å². The van der Waals surface area contributed by atoms with E-state index in [2.05, 4.69) is 5.32 Å². The first-order valence-electron chi connectivity index (χ1n) is 7.70. The van der Waals surface area contributed by atoms with Crippen LogP contribution in [-0.2, 0) is 11.3 Å². The summed E-state index contributed by atoms with van der Waals surface area (Å²) in [5.41, 5.74) is 1.86. The van der Waals surface area contributed by atoms with Crippen LogP contribution in [0.25, 0.3) is 0 Å². The lowest BCUT2D eigenvalue weighted by Crippen LogP contribution is -2.40. The van der Waals surface area contributed by atoms with Crippen molar-refractivity contribution in [3.05, 3.63) is 71.3 Å². The fourth-order valence-corrected chi connectivity index (χ4v) is 2.70. The molecule has 3 rings (SSSR count). The largest absolute Gasteiger partial charge is 0.324 e. The summed E-state index contributed by atoms with van der Waals surface area (Å²) in [4.78, 5) is 26.4. The second-order valence-electron chi connectivity index (χ2n) is 6.36. The average molecular weight is 308 g/mol. The zero-order valence-electron chi connectivity index (χ0n) is 13.4. The first-order chi connectivity index (χ1) is 11.0. The van der Waals surface area contributed by atoms with Gasteiger partial charge in [0.05, 0.1) is 12.2 Å². The van der Waals surface area contributed by atoms with Crippen molar-refractivity contribution in [1.82, 2.24) is 10.2 Å². The highest BCUT2D eigenvalue weighted by molar-refractivity contribution is 6.08. The third-order valence-corrected chi connectivity index (χ3v) is 4.16. The molecular weight excluding hydrogens is 288 g/mol. The second kappa shape index (κ2) is 5.97. The number of benzene rings is 2. The fourth-order valence-electron chi connectivity index (χ4n) is 2.70. The van der Waals surface area contributed by atoms with Gasteiger partial charge in [-0.1, -0.05) is 54.6 Å². The Hall–Kier alpha value is -2.46. The van der Waals surface area contributed by atoms with E-state index in [4.69, 9.17) is 0 Å². The van der Waals surface area contributed by atoms with Gasteiger partial charge >= 0.3 is 0 Å². The molecule has 0 bridgehead atoms. The van der Waals surface area contributed by atoms with Gasteiger partial charge in [-0.05, 0) is 19.4 Å². The molecule has 0 aliphatic carbocycles. The maximum Gasteiger partial charge on any atom is 0.243 e. The minimum absolute atomic E-state index is 0.0113. The predicted molar refractivity (Wildman–Crippen MR) is 88.9 cm³/mol. The summed E-state index contributed by atoms with van der Waals surface area (Å²) >= 11 is 0. The Morgan fingerprint density at radius 2 is 1.65 bits per heavy atom. The van der Waals surface area contributed by atoms with Gasteiger partial charge in [0.15, 0.2) is 5.78 Å². The van der Waals surface area contributed by atoms with E-state index in [1.54, 1.807) is 4.90 Å². The van der Waals surface area contributed by atoms with Gasteiger partial charge in [0, 0.05) is 17.7 Å². The van der Waals surface area contributed by atoms with Crippen LogP contribution in [0.1, 0.15) is 35.3 Å². The van der Waals surface area contributed by atoms with Crippen molar-refractivity contribution in [2.75, 3.05) is 6.67 Å². The number of nitrogens with zero attached hydrogens (tertiary/aromatic N) is 1. The van der Waals surface area contributed by atoms with Crippen LogP contribution in [0.15, 0.2) is 54.6 Å². The van der Waals surface area contributed by atoms with E-state index in [0.29, 0.717) is 24.3 Å². The van der Waals surface area contributed by atoms with Crippen molar-refractivity contribution >= 4 is 11.7 Å². The molecule has 1 heterocycles.